The molecule has 0 spiro atoms. The number of para-hydroxylation sites is 2. The zero-order valence-electron chi connectivity index (χ0n) is 15.1. The van der Waals surface area contributed by atoms with Gasteiger partial charge in [0.25, 0.3) is 0 Å². The van der Waals surface area contributed by atoms with E-state index in [4.69, 9.17) is 0 Å². The highest BCUT2D eigenvalue weighted by Gasteiger charge is 2.19. The molecular formula is C20H23N5O. The van der Waals surface area contributed by atoms with Crippen molar-refractivity contribution < 1.29 is 4.79 Å². The predicted molar refractivity (Wildman–Crippen MR) is 101 cm³/mol. The summed E-state index contributed by atoms with van der Waals surface area (Å²) in [6.07, 6.45) is 4.66. The fourth-order valence-electron chi connectivity index (χ4n) is 3.61. The van der Waals surface area contributed by atoms with E-state index in [0.717, 1.165) is 41.8 Å². The molecular weight excluding hydrogens is 326 g/mol. The minimum atomic E-state index is -0.322. The minimum absolute atomic E-state index is 0.0147. The van der Waals surface area contributed by atoms with Crippen molar-refractivity contribution in [2.75, 3.05) is 6.54 Å². The lowest BCUT2D eigenvalue weighted by Gasteiger charge is -2.22. The molecule has 2 aromatic heterocycles. The number of fused-ring (bicyclic) bond motifs is 2. The molecule has 4 rings (SSSR count). The molecule has 1 atom stereocenters. The zero-order valence-corrected chi connectivity index (χ0v) is 15.1. The van der Waals surface area contributed by atoms with E-state index in [1.54, 1.807) is 6.33 Å². The molecule has 0 unspecified atom stereocenters. The largest absolute Gasteiger partial charge is 0.350 e. The van der Waals surface area contributed by atoms with Gasteiger partial charge in [-0.25, -0.2) is 4.98 Å². The Morgan fingerprint density at radius 2 is 2.19 bits per heavy atom. The molecule has 26 heavy (non-hydrogen) atoms. The summed E-state index contributed by atoms with van der Waals surface area (Å²) >= 11 is 0. The van der Waals surface area contributed by atoms with Gasteiger partial charge in [0.2, 0.25) is 5.91 Å². The third kappa shape index (κ3) is 2.97. The van der Waals surface area contributed by atoms with E-state index >= 15 is 0 Å². The van der Waals surface area contributed by atoms with Crippen LogP contribution in [0.25, 0.3) is 11.0 Å². The smallest absolute Gasteiger partial charge is 0.243 e. The number of imidazole rings is 1. The molecule has 0 saturated heterocycles. The summed E-state index contributed by atoms with van der Waals surface area (Å²) in [4.78, 5) is 21.6. The van der Waals surface area contributed by atoms with Crippen LogP contribution in [0.2, 0.25) is 0 Å². The van der Waals surface area contributed by atoms with Gasteiger partial charge in [-0.3, -0.25) is 9.78 Å². The Labute approximate surface area is 152 Å². The van der Waals surface area contributed by atoms with Gasteiger partial charge in [-0.05, 0) is 55.6 Å². The summed E-state index contributed by atoms with van der Waals surface area (Å²) < 4.78 is 1.92. The maximum Gasteiger partial charge on any atom is 0.243 e. The molecule has 0 saturated carbocycles. The van der Waals surface area contributed by atoms with Crippen molar-refractivity contribution in [1.29, 1.82) is 0 Å². The number of nitrogens with zero attached hydrogens (tertiary/aromatic N) is 3. The first-order chi connectivity index (χ1) is 12.6. The Bertz CT molecular complexity index is 962. The maximum absolute atomic E-state index is 12.7. The second-order valence-corrected chi connectivity index (χ2v) is 6.79. The molecule has 0 radical (unpaired) electrons. The molecule has 134 valence electrons. The van der Waals surface area contributed by atoms with Crippen molar-refractivity contribution in [1.82, 2.24) is 25.2 Å². The molecule has 1 aliphatic heterocycles. The summed E-state index contributed by atoms with van der Waals surface area (Å²) in [7, 11) is 0. The van der Waals surface area contributed by atoms with E-state index in [-0.39, 0.29) is 11.9 Å². The second-order valence-electron chi connectivity index (χ2n) is 6.79. The molecule has 1 aromatic carbocycles. The molecule has 3 heterocycles. The standard InChI is InChI=1S/C20H23N5O/c1-13-17(16-7-8-21-9-15(16)10-22-13)11-23-20(26)14(2)25-12-24-18-5-3-4-6-19(18)25/h3-6,10,12,14,21H,7-9,11H2,1-2H3,(H,23,26)/t14-/m0/s1. The zero-order chi connectivity index (χ0) is 18.1. The number of rotatable bonds is 4. The molecule has 1 amide bonds. The van der Waals surface area contributed by atoms with Crippen LogP contribution in [0, 0.1) is 6.92 Å². The van der Waals surface area contributed by atoms with Gasteiger partial charge in [-0.2, -0.15) is 0 Å². The molecule has 6 nitrogen and oxygen atoms in total. The Kier molecular flexibility index (Phi) is 4.42. The Morgan fingerprint density at radius 3 is 3.08 bits per heavy atom. The van der Waals surface area contributed by atoms with Gasteiger partial charge in [-0.15, -0.1) is 0 Å². The number of hydrogen-bond acceptors (Lipinski definition) is 4. The van der Waals surface area contributed by atoms with Crippen molar-refractivity contribution in [3.8, 4) is 0 Å². The number of nitrogens with one attached hydrogen (secondary N) is 2. The summed E-state index contributed by atoms with van der Waals surface area (Å²) in [5.74, 6) is -0.0147. The normalized spacial score (nSPS) is 14.8. The van der Waals surface area contributed by atoms with Gasteiger partial charge in [0.05, 0.1) is 17.4 Å². The Morgan fingerprint density at radius 1 is 1.35 bits per heavy atom. The first-order valence-electron chi connectivity index (χ1n) is 9.01. The molecule has 0 fully saturated rings. The van der Waals surface area contributed by atoms with Crippen LogP contribution in [-0.2, 0) is 24.3 Å². The molecule has 0 bridgehead atoms. The molecule has 0 aliphatic carbocycles. The number of pyridine rings is 1. The third-order valence-corrected chi connectivity index (χ3v) is 5.19. The fourth-order valence-corrected chi connectivity index (χ4v) is 3.61. The van der Waals surface area contributed by atoms with Crippen LogP contribution in [0.3, 0.4) is 0 Å². The number of aryl methyl sites for hydroxylation is 1. The highest BCUT2D eigenvalue weighted by molar-refractivity contribution is 5.83. The molecule has 2 N–H and O–H groups in total. The highest BCUT2D eigenvalue weighted by atomic mass is 16.2. The van der Waals surface area contributed by atoms with Crippen molar-refractivity contribution in [2.24, 2.45) is 0 Å². The first kappa shape index (κ1) is 16.7. The van der Waals surface area contributed by atoms with Gasteiger partial charge in [0, 0.05) is 25.0 Å². The molecule has 1 aliphatic rings. The number of carbonyl (C=O) groups excluding carboxylic acids is 1. The Balaban J connectivity index is 1.52. The summed E-state index contributed by atoms with van der Waals surface area (Å²) in [6, 6.07) is 7.53. The number of hydrogen-bond donors (Lipinski definition) is 2. The fraction of sp³-hybridized carbons (Fsp3) is 0.350. The number of amides is 1. The van der Waals surface area contributed by atoms with Crippen LogP contribution in [0.5, 0.6) is 0 Å². The van der Waals surface area contributed by atoms with E-state index < -0.39 is 0 Å². The van der Waals surface area contributed by atoms with Crippen LogP contribution in [-0.4, -0.2) is 27.0 Å². The maximum atomic E-state index is 12.7. The van der Waals surface area contributed by atoms with E-state index in [9.17, 15) is 4.79 Å². The SMILES string of the molecule is Cc1ncc2c(c1CNC(=O)[C@H](C)n1cnc3ccccc31)CCNC2. The van der Waals surface area contributed by atoms with Gasteiger partial charge < -0.3 is 15.2 Å². The lowest BCUT2D eigenvalue weighted by atomic mass is 9.96. The van der Waals surface area contributed by atoms with Crippen molar-refractivity contribution in [3.05, 3.63) is 59.2 Å². The summed E-state index contributed by atoms with van der Waals surface area (Å²) in [6.45, 7) is 6.24. The number of aromatic nitrogens is 3. The van der Waals surface area contributed by atoms with E-state index in [1.807, 2.05) is 48.9 Å². The van der Waals surface area contributed by atoms with Crippen LogP contribution in [0.4, 0.5) is 0 Å². The lowest BCUT2D eigenvalue weighted by molar-refractivity contribution is -0.123. The van der Waals surface area contributed by atoms with Crippen LogP contribution >= 0.6 is 0 Å². The predicted octanol–water partition coefficient (Wildman–Crippen LogP) is 2.26. The number of benzene rings is 1. The Hall–Kier alpha value is -2.73. The van der Waals surface area contributed by atoms with Crippen molar-refractivity contribution in [2.45, 2.75) is 39.4 Å². The van der Waals surface area contributed by atoms with E-state index in [0.29, 0.717) is 6.54 Å². The highest BCUT2D eigenvalue weighted by Crippen LogP contribution is 2.21. The minimum Gasteiger partial charge on any atom is -0.350 e. The van der Waals surface area contributed by atoms with E-state index in [1.165, 1.54) is 11.1 Å². The van der Waals surface area contributed by atoms with Crippen LogP contribution < -0.4 is 10.6 Å². The lowest BCUT2D eigenvalue weighted by Crippen LogP contribution is -2.32. The van der Waals surface area contributed by atoms with Crippen molar-refractivity contribution >= 4 is 16.9 Å². The molecule has 3 aromatic rings. The topological polar surface area (TPSA) is 71.8 Å². The van der Waals surface area contributed by atoms with Gasteiger partial charge in [0.1, 0.15) is 6.04 Å². The van der Waals surface area contributed by atoms with Crippen LogP contribution in [0.15, 0.2) is 36.8 Å². The summed E-state index contributed by atoms with van der Waals surface area (Å²) in [5, 5.41) is 6.46. The second kappa shape index (κ2) is 6.88. The van der Waals surface area contributed by atoms with Gasteiger partial charge in [-0.1, -0.05) is 12.1 Å². The third-order valence-electron chi connectivity index (χ3n) is 5.19. The van der Waals surface area contributed by atoms with Crippen molar-refractivity contribution in [3.63, 3.8) is 0 Å². The first-order valence-corrected chi connectivity index (χ1v) is 9.01. The molecule has 6 heteroatoms. The summed E-state index contributed by atoms with van der Waals surface area (Å²) in [5.41, 5.74) is 6.58. The van der Waals surface area contributed by atoms with E-state index in [2.05, 4.69) is 20.6 Å². The average molecular weight is 349 g/mol. The quantitative estimate of drug-likeness (QED) is 0.758. The van der Waals surface area contributed by atoms with Gasteiger partial charge in [0.15, 0.2) is 0 Å². The van der Waals surface area contributed by atoms with Crippen LogP contribution in [0.1, 0.15) is 35.3 Å². The average Bonchev–Trinajstić information content (AvgIpc) is 3.10. The monoisotopic (exact) mass is 349 g/mol. The van der Waals surface area contributed by atoms with Gasteiger partial charge >= 0.3 is 0 Å². The number of carbonyl (C=O) groups is 1.